The molecule has 0 aromatic carbocycles. The van der Waals surface area contributed by atoms with Crippen LogP contribution in [0.3, 0.4) is 0 Å². The van der Waals surface area contributed by atoms with E-state index < -0.39 is 0 Å². The molecule has 0 aliphatic carbocycles. The summed E-state index contributed by atoms with van der Waals surface area (Å²) in [5.41, 5.74) is 3.25. The Morgan fingerprint density at radius 2 is 2.14 bits per heavy atom. The van der Waals surface area contributed by atoms with Crippen LogP contribution >= 0.6 is 0 Å². The molecule has 21 heavy (non-hydrogen) atoms. The Bertz CT molecular complexity index is 765. The lowest BCUT2D eigenvalue weighted by Gasteiger charge is -2.17. The summed E-state index contributed by atoms with van der Waals surface area (Å²) in [6.07, 6.45) is 4.94. The molecular weight excluding hydrogens is 262 g/mol. The number of hydrogen-bond donors (Lipinski definition) is 0. The van der Waals surface area contributed by atoms with Gasteiger partial charge in [0.05, 0.1) is 11.2 Å². The van der Waals surface area contributed by atoms with E-state index >= 15 is 0 Å². The number of rotatable bonds is 2. The minimum Gasteiger partial charge on any atom is -0.339 e. The third-order valence-electron chi connectivity index (χ3n) is 4.14. The second-order valence-electron chi connectivity index (χ2n) is 5.52. The van der Waals surface area contributed by atoms with E-state index in [-0.39, 0.29) is 0 Å². The summed E-state index contributed by atoms with van der Waals surface area (Å²) < 4.78 is 1.91. The molecule has 0 bridgehead atoms. The fourth-order valence-electron chi connectivity index (χ4n) is 3.01. The minimum atomic E-state index is 0.468. The Balaban J connectivity index is 1.62. The van der Waals surface area contributed by atoms with E-state index in [1.807, 2.05) is 42.0 Å². The van der Waals surface area contributed by atoms with E-state index in [0.717, 1.165) is 36.7 Å². The molecule has 3 aromatic heterocycles. The van der Waals surface area contributed by atoms with E-state index in [9.17, 15) is 0 Å². The normalized spacial score (nSPS) is 18.5. The van der Waals surface area contributed by atoms with E-state index in [1.54, 1.807) is 0 Å². The monoisotopic (exact) mass is 279 g/mol. The Morgan fingerprint density at radius 1 is 1.19 bits per heavy atom. The first-order chi connectivity index (χ1) is 10.3. The van der Waals surface area contributed by atoms with Crippen LogP contribution in [0, 0.1) is 6.92 Å². The summed E-state index contributed by atoms with van der Waals surface area (Å²) >= 11 is 0. The average Bonchev–Trinajstić information content (AvgIpc) is 3.17. The molecule has 0 spiro atoms. The molecule has 1 atom stereocenters. The van der Waals surface area contributed by atoms with Crippen LogP contribution in [-0.2, 0) is 0 Å². The van der Waals surface area contributed by atoms with Gasteiger partial charge in [-0.05, 0) is 37.6 Å². The molecule has 0 amide bonds. The average molecular weight is 279 g/mol. The number of fused-ring (bicyclic) bond motifs is 1. The molecule has 1 saturated heterocycles. The summed E-state index contributed by atoms with van der Waals surface area (Å²) in [6.45, 7) is 3.95. The highest BCUT2D eigenvalue weighted by Crippen LogP contribution is 2.28. The van der Waals surface area contributed by atoms with Gasteiger partial charge in [-0.2, -0.15) is 0 Å². The van der Waals surface area contributed by atoms with Crippen molar-refractivity contribution in [3.8, 4) is 0 Å². The highest BCUT2D eigenvalue weighted by atomic mass is 15.4. The lowest BCUT2D eigenvalue weighted by atomic mass is 10.0. The Kier molecular flexibility index (Phi) is 2.84. The van der Waals surface area contributed by atoms with Gasteiger partial charge in [0.1, 0.15) is 0 Å². The highest BCUT2D eigenvalue weighted by molar-refractivity contribution is 5.52. The number of nitrogens with zero attached hydrogens (tertiary/aromatic N) is 5. The van der Waals surface area contributed by atoms with E-state index in [0.29, 0.717) is 5.92 Å². The number of anilines is 1. The molecule has 0 unspecified atom stereocenters. The summed E-state index contributed by atoms with van der Waals surface area (Å²) in [5.74, 6) is 1.28. The lowest BCUT2D eigenvalue weighted by molar-refractivity contribution is 0.739. The summed E-state index contributed by atoms with van der Waals surface area (Å²) in [6, 6.07) is 10.2. The zero-order valence-electron chi connectivity index (χ0n) is 12.0. The molecule has 1 aliphatic heterocycles. The van der Waals surface area contributed by atoms with Crippen molar-refractivity contribution in [1.82, 2.24) is 19.6 Å². The maximum absolute atomic E-state index is 4.66. The van der Waals surface area contributed by atoms with Gasteiger partial charge < -0.3 is 4.90 Å². The predicted molar refractivity (Wildman–Crippen MR) is 81.5 cm³/mol. The smallest absolute Gasteiger partial charge is 0.243 e. The second kappa shape index (κ2) is 4.84. The summed E-state index contributed by atoms with van der Waals surface area (Å²) in [5, 5.41) is 4.62. The zero-order chi connectivity index (χ0) is 14.2. The van der Waals surface area contributed by atoms with Crippen molar-refractivity contribution in [1.29, 1.82) is 0 Å². The van der Waals surface area contributed by atoms with E-state index in [1.165, 1.54) is 5.69 Å². The van der Waals surface area contributed by atoms with Crippen LogP contribution in [-0.4, -0.2) is 32.7 Å². The van der Waals surface area contributed by atoms with Crippen molar-refractivity contribution >= 4 is 11.5 Å². The number of hydrogen-bond acceptors (Lipinski definition) is 4. The van der Waals surface area contributed by atoms with Crippen LogP contribution in [0.25, 0.3) is 5.52 Å². The van der Waals surface area contributed by atoms with Crippen molar-refractivity contribution in [2.24, 2.45) is 0 Å². The number of aromatic nitrogens is 4. The van der Waals surface area contributed by atoms with Crippen molar-refractivity contribution in [2.45, 2.75) is 19.3 Å². The van der Waals surface area contributed by atoms with Gasteiger partial charge in [-0.15, -0.1) is 5.10 Å². The van der Waals surface area contributed by atoms with Crippen molar-refractivity contribution < 1.29 is 0 Å². The number of aryl methyl sites for hydroxylation is 1. The van der Waals surface area contributed by atoms with Crippen LogP contribution in [0.5, 0.6) is 0 Å². The summed E-state index contributed by atoms with van der Waals surface area (Å²) in [7, 11) is 0. The number of pyridine rings is 1. The molecule has 5 nitrogen and oxygen atoms in total. The molecule has 0 N–H and O–H groups in total. The van der Waals surface area contributed by atoms with Gasteiger partial charge >= 0.3 is 0 Å². The predicted octanol–water partition coefficient (Wildman–Crippen LogP) is 2.43. The SMILES string of the molecule is Cc1nc(N2CC[C@H](c3ccccn3)C2)nn2cccc12. The molecule has 106 valence electrons. The lowest BCUT2D eigenvalue weighted by Crippen LogP contribution is -2.23. The Labute approximate surface area is 123 Å². The molecule has 1 fully saturated rings. The first-order valence-corrected chi connectivity index (χ1v) is 7.29. The Morgan fingerprint density at radius 3 is 3.00 bits per heavy atom. The summed E-state index contributed by atoms with van der Waals surface area (Å²) in [4.78, 5) is 11.4. The Hall–Kier alpha value is -2.43. The van der Waals surface area contributed by atoms with Crippen LogP contribution in [0.15, 0.2) is 42.7 Å². The van der Waals surface area contributed by atoms with Crippen molar-refractivity contribution in [3.63, 3.8) is 0 Å². The first-order valence-electron chi connectivity index (χ1n) is 7.29. The molecular formula is C16H17N5. The van der Waals surface area contributed by atoms with Crippen LogP contribution in [0.2, 0.25) is 0 Å². The van der Waals surface area contributed by atoms with Gasteiger partial charge in [0.25, 0.3) is 0 Å². The third-order valence-corrected chi connectivity index (χ3v) is 4.14. The third kappa shape index (κ3) is 2.14. The second-order valence-corrected chi connectivity index (χ2v) is 5.52. The zero-order valence-corrected chi connectivity index (χ0v) is 12.0. The molecule has 4 rings (SSSR count). The van der Waals surface area contributed by atoms with Crippen LogP contribution < -0.4 is 4.90 Å². The largest absolute Gasteiger partial charge is 0.339 e. The molecule has 1 aliphatic rings. The fourth-order valence-corrected chi connectivity index (χ4v) is 3.01. The van der Waals surface area contributed by atoms with E-state index in [2.05, 4.69) is 32.1 Å². The minimum absolute atomic E-state index is 0.468. The van der Waals surface area contributed by atoms with Crippen LogP contribution in [0.4, 0.5) is 5.95 Å². The molecule has 4 heterocycles. The quantitative estimate of drug-likeness (QED) is 0.723. The van der Waals surface area contributed by atoms with Gasteiger partial charge in [-0.1, -0.05) is 6.07 Å². The maximum Gasteiger partial charge on any atom is 0.243 e. The van der Waals surface area contributed by atoms with Crippen molar-refractivity contribution in [3.05, 3.63) is 54.1 Å². The topological polar surface area (TPSA) is 46.3 Å². The van der Waals surface area contributed by atoms with E-state index in [4.69, 9.17) is 0 Å². The van der Waals surface area contributed by atoms with Crippen LogP contribution in [0.1, 0.15) is 23.7 Å². The van der Waals surface area contributed by atoms with Crippen molar-refractivity contribution in [2.75, 3.05) is 18.0 Å². The fraction of sp³-hybridized carbons (Fsp3) is 0.312. The molecule has 0 saturated carbocycles. The van der Waals surface area contributed by atoms with Gasteiger partial charge in [-0.25, -0.2) is 9.50 Å². The van der Waals surface area contributed by atoms with Gasteiger partial charge in [0.2, 0.25) is 5.95 Å². The van der Waals surface area contributed by atoms with Gasteiger partial charge in [0.15, 0.2) is 0 Å². The molecule has 3 aromatic rings. The highest BCUT2D eigenvalue weighted by Gasteiger charge is 2.26. The van der Waals surface area contributed by atoms with Gasteiger partial charge in [0, 0.05) is 37.1 Å². The maximum atomic E-state index is 4.66. The molecule has 5 heteroatoms. The van der Waals surface area contributed by atoms with Gasteiger partial charge in [-0.3, -0.25) is 4.98 Å². The molecule has 0 radical (unpaired) electrons. The first kappa shape index (κ1) is 12.3. The standard InChI is InChI=1S/C16H17N5/c1-12-15-6-4-9-21(15)19-16(18-12)20-10-7-13(11-20)14-5-2-3-8-17-14/h2-6,8-9,13H,7,10-11H2,1H3/t13-/m0/s1.